The van der Waals surface area contributed by atoms with E-state index in [4.69, 9.17) is 0 Å². The zero-order valence-corrected chi connectivity index (χ0v) is 13.3. The predicted molar refractivity (Wildman–Crippen MR) is 89.8 cm³/mol. The van der Waals surface area contributed by atoms with E-state index in [1.807, 2.05) is 0 Å². The molecule has 0 atom stereocenters. The van der Waals surface area contributed by atoms with E-state index in [2.05, 4.69) is 15.2 Å². The van der Waals surface area contributed by atoms with E-state index in [9.17, 15) is 14.9 Å². The number of nitrogens with zero attached hydrogens (tertiary/aromatic N) is 4. The highest BCUT2D eigenvalue weighted by Crippen LogP contribution is 2.25. The molecule has 0 saturated heterocycles. The van der Waals surface area contributed by atoms with Crippen molar-refractivity contribution in [3.8, 4) is 0 Å². The number of pyridine rings is 1. The number of aromatic amines is 1. The average Bonchev–Trinajstić information content (AvgIpc) is 3.10. The van der Waals surface area contributed by atoms with Crippen LogP contribution in [0.5, 0.6) is 0 Å². The Kier molecular flexibility index (Phi) is 3.64. The summed E-state index contributed by atoms with van der Waals surface area (Å²) in [4.78, 5) is 29.1. The van der Waals surface area contributed by atoms with E-state index in [-0.39, 0.29) is 18.0 Å². The molecule has 1 aromatic carbocycles. The van der Waals surface area contributed by atoms with Crippen molar-refractivity contribution in [1.29, 1.82) is 0 Å². The Labute approximate surface area is 142 Å². The second kappa shape index (κ2) is 5.97. The molecule has 0 bridgehead atoms. The van der Waals surface area contributed by atoms with Crippen LogP contribution in [0.4, 0.5) is 5.69 Å². The fraction of sp³-hybridized carbons (Fsp3) is 0.235. The van der Waals surface area contributed by atoms with Gasteiger partial charge in [-0.15, -0.1) is 0 Å². The lowest BCUT2D eigenvalue weighted by molar-refractivity contribution is -0.384. The topological polar surface area (TPSA) is 105 Å². The van der Waals surface area contributed by atoms with Crippen LogP contribution < -0.4 is 0 Å². The van der Waals surface area contributed by atoms with Crippen molar-refractivity contribution >= 4 is 22.6 Å². The van der Waals surface area contributed by atoms with Crippen molar-refractivity contribution in [2.45, 2.75) is 19.4 Å². The number of nitrogens with one attached hydrogen (secondary N) is 1. The molecule has 4 rings (SSSR count). The van der Waals surface area contributed by atoms with E-state index in [0.29, 0.717) is 18.7 Å². The van der Waals surface area contributed by atoms with Crippen LogP contribution in [0.3, 0.4) is 0 Å². The molecule has 0 unspecified atom stereocenters. The van der Waals surface area contributed by atoms with Gasteiger partial charge in [-0.25, -0.2) is 4.98 Å². The molecule has 2 aromatic heterocycles. The van der Waals surface area contributed by atoms with Gasteiger partial charge in [-0.3, -0.25) is 20.0 Å². The summed E-state index contributed by atoms with van der Waals surface area (Å²) >= 11 is 0. The molecule has 3 heterocycles. The predicted octanol–water partition coefficient (Wildman–Crippen LogP) is 1.99. The van der Waals surface area contributed by atoms with Crippen LogP contribution in [0.25, 0.3) is 11.0 Å². The molecule has 25 heavy (non-hydrogen) atoms. The lowest BCUT2D eigenvalue weighted by atomic mass is 9.98. The normalized spacial score (nSPS) is 13.7. The molecule has 1 N–H and O–H groups in total. The Morgan fingerprint density at radius 2 is 2.24 bits per heavy atom. The third-order valence-electron chi connectivity index (χ3n) is 4.50. The van der Waals surface area contributed by atoms with Gasteiger partial charge >= 0.3 is 0 Å². The fourth-order valence-corrected chi connectivity index (χ4v) is 3.23. The smallest absolute Gasteiger partial charge is 0.269 e. The summed E-state index contributed by atoms with van der Waals surface area (Å²) in [6.07, 6.45) is 4.44. The van der Waals surface area contributed by atoms with E-state index in [1.165, 1.54) is 17.7 Å². The third-order valence-corrected chi connectivity index (χ3v) is 4.50. The average molecular weight is 337 g/mol. The Morgan fingerprint density at radius 3 is 3.08 bits per heavy atom. The van der Waals surface area contributed by atoms with Gasteiger partial charge in [0.15, 0.2) is 5.65 Å². The highest BCUT2D eigenvalue weighted by atomic mass is 16.6. The minimum Gasteiger partial charge on any atom is -0.338 e. The summed E-state index contributed by atoms with van der Waals surface area (Å²) in [7, 11) is 0. The quantitative estimate of drug-likeness (QED) is 0.581. The molecular formula is C17H15N5O3. The second-order valence-electron chi connectivity index (χ2n) is 6.06. The molecule has 0 radical (unpaired) electrons. The van der Waals surface area contributed by atoms with Crippen LogP contribution in [-0.2, 0) is 24.2 Å². The Balaban J connectivity index is 1.52. The summed E-state index contributed by atoms with van der Waals surface area (Å²) < 4.78 is 0. The minimum absolute atomic E-state index is 0.000778. The van der Waals surface area contributed by atoms with Crippen molar-refractivity contribution in [2.75, 3.05) is 6.54 Å². The van der Waals surface area contributed by atoms with Gasteiger partial charge in [-0.1, -0.05) is 12.1 Å². The summed E-state index contributed by atoms with van der Waals surface area (Å²) in [5, 5.41) is 18.7. The standard InChI is InChI=1S/C17H15N5O3/c23-16(7-11-2-1-3-13(6-11)22(24)25)21-5-4-14-12(10-21)8-18-17-15(14)9-19-20-17/h1-3,6,8-9H,4-5,7,10H2,(H,18,19,20). The zero-order valence-electron chi connectivity index (χ0n) is 13.3. The monoisotopic (exact) mass is 337 g/mol. The lowest BCUT2D eigenvalue weighted by Crippen LogP contribution is -2.37. The molecule has 8 heteroatoms. The van der Waals surface area contributed by atoms with E-state index in [1.54, 1.807) is 29.4 Å². The number of hydrogen-bond acceptors (Lipinski definition) is 5. The van der Waals surface area contributed by atoms with Gasteiger partial charge in [0.2, 0.25) is 5.91 Å². The summed E-state index contributed by atoms with van der Waals surface area (Å²) in [5.74, 6) is -0.0431. The number of hydrogen-bond donors (Lipinski definition) is 1. The third kappa shape index (κ3) is 2.82. The number of nitro benzene ring substituents is 1. The molecule has 1 amide bonds. The lowest BCUT2D eigenvalue weighted by Gasteiger charge is -2.29. The molecule has 126 valence electrons. The second-order valence-corrected chi connectivity index (χ2v) is 6.06. The zero-order chi connectivity index (χ0) is 17.4. The summed E-state index contributed by atoms with van der Waals surface area (Å²) in [5.41, 5.74) is 3.61. The molecular weight excluding hydrogens is 322 g/mol. The Morgan fingerprint density at radius 1 is 1.36 bits per heavy atom. The molecule has 3 aromatic rings. The van der Waals surface area contributed by atoms with Gasteiger partial charge < -0.3 is 4.90 Å². The number of H-pyrrole nitrogens is 1. The summed E-state index contributed by atoms with van der Waals surface area (Å²) in [6, 6.07) is 6.21. The van der Waals surface area contributed by atoms with E-state index < -0.39 is 4.92 Å². The maximum absolute atomic E-state index is 12.6. The molecule has 1 aliphatic heterocycles. The maximum atomic E-state index is 12.6. The maximum Gasteiger partial charge on any atom is 0.269 e. The summed E-state index contributed by atoms with van der Waals surface area (Å²) in [6.45, 7) is 1.11. The van der Waals surface area contributed by atoms with Crippen molar-refractivity contribution in [1.82, 2.24) is 20.1 Å². The molecule has 8 nitrogen and oxygen atoms in total. The van der Waals surface area contributed by atoms with Gasteiger partial charge in [0, 0.05) is 36.8 Å². The fourth-order valence-electron chi connectivity index (χ4n) is 3.23. The Hall–Kier alpha value is -3.29. The first-order chi connectivity index (χ1) is 12.1. The highest BCUT2D eigenvalue weighted by molar-refractivity contribution is 5.82. The number of nitro groups is 1. The molecule has 0 saturated carbocycles. The van der Waals surface area contributed by atoms with Gasteiger partial charge in [-0.2, -0.15) is 5.10 Å². The molecule has 0 fully saturated rings. The minimum atomic E-state index is -0.451. The van der Waals surface area contributed by atoms with Crippen molar-refractivity contribution in [3.63, 3.8) is 0 Å². The number of non-ortho nitro benzene ring substituents is 1. The number of fused-ring (bicyclic) bond motifs is 3. The van der Waals surface area contributed by atoms with Crippen LogP contribution in [-0.4, -0.2) is 37.5 Å². The Bertz CT molecular complexity index is 981. The van der Waals surface area contributed by atoms with E-state index in [0.717, 1.165) is 23.0 Å². The van der Waals surface area contributed by atoms with Gasteiger partial charge in [0.05, 0.1) is 17.5 Å². The van der Waals surface area contributed by atoms with Crippen molar-refractivity contribution < 1.29 is 9.72 Å². The van der Waals surface area contributed by atoms with Crippen molar-refractivity contribution in [3.05, 3.63) is 63.5 Å². The number of carbonyl (C=O) groups excluding carboxylic acids is 1. The first-order valence-corrected chi connectivity index (χ1v) is 7.93. The van der Waals surface area contributed by atoms with Crippen molar-refractivity contribution in [2.24, 2.45) is 0 Å². The van der Waals surface area contributed by atoms with E-state index >= 15 is 0 Å². The largest absolute Gasteiger partial charge is 0.338 e. The number of aromatic nitrogens is 3. The molecule has 0 spiro atoms. The first-order valence-electron chi connectivity index (χ1n) is 7.93. The number of carbonyl (C=O) groups is 1. The van der Waals surface area contributed by atoms with Gasteiger partial charge in [0.1, 0.15) is 0 Å². The molecule has 0 aliphatic carbocycles. The van der Waals surface area contributed by atoms with Crippen LogP contribution >= 0.6 is 0 Å². The van der Waals surface area contributed by atoms with Gasteiger partial charge in [-0.05, 0) is 23.1 Å². The van der Waals surface area contributed by atoms with Crippen LogP contribution in [0.2, 0.25) is 0 Å². The number of benzene rings is 1. The highest BCUT2D eigenvalue weighted by Gasteiger charge is 2.23. The van der Waals surface area contributed by atoms with Crippen LogP contribution in [0.1, 0.15) is 16.7 Å². The first kappa shape index (κ1) is 15.3. The van der Waals surface area contributed by atoms with Crippen LogP contribution in [0.15, 0.2) is 36.7 Å². The number of amides is 1. The number of rotatable bonds is 3. The SMILES string of the molecule is O=C(Cc1cccc([N+](=O)[O-])c1)N1CCc2c(cnc3[nH]ncc23)C1. The van der Waals surface area contributed by atoms with Crippen LogP contribution in [0, 0.1) is 10.1 Å². The molecule has 1 aliphatic rings. The van der Waals surface area contributed by atoms with Gasteiger partial charge in [0.25, 0.3) is 5.69 Å².